The fourth-order valence-corrected chi connectivity index (χ4v) is 2.63. The third-order valence-corrected chi connectivity index (χ3v) is 3.78. The zero-order chi connectivity index (χ0) is 16.0. The molecule has 0 fully saturated rings. The standard InChI is InChI=1S/C14H13N3O4S/c18-17(19)14-8-4-7-13(9-14)10-15-16-22(20,21)11-12-5-2-1-3-6-12/h1-10,16H,11H2/b15-10+. The van der Waals surface area contributed by atoms with Crippen LogP contribution in [-0.2, 0) is 15.8 Å². The maximum atomic E-state index is 11.8. The number of nitro benzene ring substituents is 1. The van der Waals surface area contributed by atoms with Gasteiger partial charge in [0.2, 0.25) is 0 Å². The molecule has 2 aromatic rings. The second-order valence-electron chi connectivity index (χ2n) is 4.45. The Bertz CT molecular complexity index is 789. The van der Waals surface area contributed by atoms with Crippen LogP contribution in [0.15, 0.2) is 59.7 Å². The molecule has 0 aliphatic carbocycles. The summed E-state index contributed by atoms with van der Waals surface area (Å²) in [4.78, 5) is 12.2. The number of hydrazone groups is 1. The van der Waals surface area contributed by atoms with Crippen molar-refractivity contribution in [3.05, 3.63) is 75.8 Å². The highest BCUT2D eigenvalue weighted by Crippen LogP contribution is 2.11. The van der Waals surface area contributed by atoms with Crippen LogP contribution in [0.25, 0.3) is 0 Å². The first-order valence-corrected chi connectivity index (χ1v) is 7.92. The average molecular weight is 319 g/mol. The first-order valence-electron chi connectivity index (χ1n) is 6.27. The quantitative estimate of drug-likeness (QED) is 0.500. The van der Waals surface area contributed by atoms with Crippen LogP contribution < -0.4 is 4.83 Å². The number of hydrogen-bond donors (Lipinski definition) is 1. The van der Waals surface area contributed by atoms with E-state index in [1.54, 1.807) is 36.4 Å². The molecule has 0 aliphatic rings. The molecule has 22 heavy (non-hydrogen) atoms. The van der Waals surface area contributed by atoms with Gasteiger partial charge in [0.05, 0.1) is 16.9 Å². The Labute approximate surface area is 127 Å². The molecule has 0 amide bonds. The van der Waals surface area contributed by atoms with E-state index in [0.717, 1.165) is 0 Å². The van der Waals surface area contributed by atoms with Gasteiger partial charge in [-0.3, -0.25) is 10.1 Å². The zero-order valence-electron chi connectivity index (χ0n) is 11.4. The molecular formula is C14H13N3O4S. The maximum Gasteiger partial charge on any atom is 0.270 e. The number of sulfonamides is 1. The second-order valence-corrected chi connectivity index (χ2v) is 6.15. The van der Waals surface area contributed by atoms with Gasteiger partial charge in [0.25, 0.3) is 15.7 Å². The minimum absolute atomic E-state index is 0.0870. The van der Waals surface area contributed by atoms with Crippen molar-refractivity contribution in [1.82, 2.24) is 4.83 Å². The molecule has 0 radical (unpaired) electrons. The topological polar surface area (TPSA) is 102 Å². The number of nitrogens with one attached hydrogen (secondary N) is 1. The van der Waals surface area contributed by atoms with Crippen molar-refractivity contribution in [2.24, 2.45) is 5.10 Å². The lowest BCUT2D eigenvalue weighted by Gasteiger charge is -2.03. The van der Waals surface area contributed by atoms with Crippen LogP contribution in [0.1, 0.15) is 11.1 Å². The van der Waals surface area contributed by atoms with E-state index >= 15 is 0 Å². The normalized spacial score (nSPS) is 11.5. The van der Waals surface area contributed by atoms with Gasteiger partial charge in [0, 0.05) is 17.7 Å². The van der Waals surface area contributed by atoms with Gasteiger partial charge in [-0.2, -0.15) is 5.10 Å². The van der Waals surface area contributed by atoms with E-state index in [2.05, 4.69) is 9.93 Å². The summed E-state index contributed by atoms with van der Waals surface area (Å²) in [6.45, 7) is 0. The largest absolute Gasteiger partial charge is 0.270 e. The number of hydrogen-bond acceptors (Lipinski definition) is 5. The lowest BCUT2D eigenvalue weighted by Crippen LogP contribution is -2.20. The molecule has 0 aliphatic heterocycles. The van der Waals surface area contributed by atoms with Crippen molar-refractivity contribution in [3.63, 3.8) is 0 Å². The Morgan fingerprint density at radius 2 is 1.86 bits per heavy atom. The predicted molar refractivity (Wildman–Crippen MR) is 82.9 cm³/mol. The highest BCUT2D eigenvalue weighted by molar-refractivity contribution is 7.88. The first kappa shape index (κ1) is 15.6. The Hall–Kier alpha value is -2.74. The van der Waals surface area contributed by atoms with E-state index in [4.69, 9.17) is 0 Å². The maximum absolute atomic E-state index is 11.8. The molecule has 0 spiro atoms. The SMILES string of the molecule is O=[N+]([O-])c1cccc(/C=N/NS(=O)(=O)Cc2ccccc2)c1. The number of non-ortho nitro benzene ring substituents is 1. The minimum Gasteiger partial charge on any atom is -0.258 e. The van der Waals surface area contributed by atoms with Crippen molar-refractivity contribution < 1.29 is 13.3 Å². The van der Waals surface area contributed by atoms with E-state index in [1.165, 1.54) is 24.4 Å². The van der Waals surface area contributed by atoms with E-state index in [1.807, 2.05) is 0 Å². The zero-order valence-corrected chi connectivity index (χ0v) is 12.2. The molecule has 114 valence electrons. The van der Waals surface area contributed by atoms with Gasteiger partial charge in [0.1, 0.15) is 0 Å². The predicted octanol–water partition coefficient (Wildman–Crippen LogP) is 2.05. The third kappa shape index (κ3) is 4.67. The Kier molecular flexibility index (Phi) is 4.84. The molecule has 2 rings (SSSR count). The fourth-order valence-electron chi connectivity index (χ4n) is 1.73. The monoisotopic (exact) mass is 319 g/mol. The summed E-state index contributed by atoms with van der Waals surface area (Å²) < 4.78 is 23.7. The van der Waals surface area contributed by atoms with Crippen LogP contribution in [0.2, 0.25) is 0 Å². The molecule has 0 saturated carbocycles. The minimum atomic E-state index is -3.61. The van der Waals surface area contributed by atoms with Crippen molar-refractivity contribution in [3.8, 4) is 0 Å². The lowest BCUT2D eigenvalue weighted by atomic mass is 10.2. The number of rotatable bonds is 6. The van der Waals surface area contributed by atoms with E-state index in [-0.39, 0.29) is 11.4 Å². The van der Waals surface area contributed by atoms with Crippen molar-refractivity contribution in [2.75, 3.05) is 0 Å². The van der Waals surface area contributed by atoms with Gasteiger partial charge in [-0.25, -0.2) is 13.2 Å². The van der Waals surface area contributed by atoms with E-state index in [9.17, 15) is 18.5 Å². The lowest BCUT2D eigenvalue weighted by molar-refractivity contribution is -0.384. The third-order valence-electron chi connectivity index (χ3n) is 2.69. The van der Waals surface area contributed by atoms with E-state index in [0.29, 0.717) is 11.1 Å². The van der Waals surface area contributed by atoms with Crippen LogP contribution in [0, 0.1) is 10.1 Å². The Morgan fingerprint density at radius 1 is 1.14 bits per heavy atom. The summed E-state index contributed by atoms with van der Waals surface area (Å²) in [6, 6.07) is 14.4. The Morgan fingerprint density at radius 3 is 2.55 bits per heavy atom. The molecule has 0 atom stereocenters. The van der Waals surface area contributed by atoms with Crippen molar-refractivity contribution in [1.29, 1.82) is 0 Å². The van der Waals surface area contributed by atoms with E-state index < -0.39 is 14.9 Å². The van der Waals surface area contributed by atoms with Gasteiger partial charge in [-0.05, 0) is 5.56 Å². The summed E-state index contributed by atoms with van der Waals surface area (Å²) in [5.74, 6) is -0.194. The highest BCUT2D eigenvalue weighted by Gasteiger charge is 2.09. The molecule has 7 nitrogen and oxygen atoms in total. The highest BCUT2D eigenvalue weighted by atomic mass is 32.2. The summed E-state index contributed by atoms with van der Waals surface area (Å²) in [5, 5.41) is 14.3. The Balaban J connectivity index is 2.02. The van der Waals surface area contributed by atoms with Crippen LogP contribution in [0.4, 0.5) is 5.69 Å². The smallest absolute Gasteiger partial charge is 0.258 e. The van der Waals surface area contributed by atoms with Crippen LogP contribution in [-0.4, -0.2) is 19.6 Å². The summed E-state index contributed by atoms with van der Waals surface area (Å²) >= 11 is 0. The number of nitro groups is 1. The van der Waals surface area contributed by atoms with Gasteiger partial charge in [-0.1, -0.05) is 42.5 Å². The molecule has 0 unspecified atom stereocenters. The number of benzene rings is 2. The van der Waals surface area contributed by atoms with Gasteiger partial charge < -0.3 is 0 Å². The summed E-state index contributed by atoms with van der Waals surface area (Å²) in [5.41, 5.74) is 0.980. The molecule has 0 heterocycles. The first-order chi connectivity index (χ1) is 10.5. The van der Waals surface area contributed by atoms with Gasteiger partial charge in [-0.15, -0.1) is 0 Å². The second kappa shape index (κ2) is 6.81. The molecular weight excluding hydrogens is 306 g/mol. The molecule has 8 heteroatoms. The summed E-state index contributed by atoms with van der Waals surface area (Å²) in [7, 11) is -3.61. The van der Waals surface area contributed by atoms with Crippen LogP contribution >= 0.6 is 0 Å². The van der Waals surface area contributed by atoms with Crippen LogP contribution in [0.5, 0.6) is 0 Å². The fraction of sp³-hybridized carbons (Fsp3) is 0.0714. The molecule has 0 saturated heterocycles. The van der Waals surface area contributed by atoms with Crippen molar-refractivity contribution in [2.45, 2.75) is 5.75 Å². The molecule has 1 N–H and O–H groups in total. The molecule has 0 aromatic heterocycles. The van der Waals surface area contributed by atoms with Crippen LogP contribution in [0.3, 0.4) is 0 Å². The van der Waals surface area contributed by atoms with Gasteiger partial charge in [0.15, 0.2) is 0 Å². The molecule has 0 bridgehead atoms. The van der Waals surface area contributed by atoms with Gasteiger partial charge >= 0.3 is 0 Å². The molecule has 2 aromatic carbocycles. The summed E-state index contributed by atoms with van der Waals surface area (Å²) in [6.07, 6.45) is 1.22. The average Bonchev–Trinajstić information content (AvgIpc) is 2.48. The number of nitrogens with zero attached hydrogens (tertiary/aromatic N) is 2. The van der Waals surface area contributed by atoms with Crippen molar-refractivity contribution >= 4 is 21.9 Å².